The number of hydrogen-bond acceptors (Lipinski definition) is 5. The number of piperidine rings is 1. The maximum Gasteiger partial charge on any atom is 0.279 e. The van der Waals surface area contributed by atoms with Gasteiger partial charge in [0.2, 0.25) is 0 Å². The second kappa shape index (κ2) is 6.27. The molecular formula is C11H19N3O3S2. The van der Waals surface area contributed by atoms with E-state index in [4.69, 9.17) is 5.11 Å². The van der Waals surface area contributed by atoms with Gasteiger partial charge in [-0.25, -0.2) is 4.98 Å². The van der Waals surface area contributed by atoms with Crippen molar-refractivity contribution in [2.75, 3.05) is 19.7 Å². The minimum atomic E-state index is -3.44. The third kappa shape index (κ3) is 3.96. The van der Waals surface area contributed by atoms with Gasteiger partial charge in [0.15, 0.2) is 0 Å². The van der Waals surface area contributed by atoms with Crippen molar-refractivity contribution >= 4 is 21.5 Å². The van der Waals surface area contributed by atoms with Crippen molar-refractivity contribution in [1.82, 2.24) is 14.0 Å². The van der Waals surface area contributed by atoms with Crippen molar-refractivity contribution in [3.63, 3.8) is 0 Å². The molecule has 1 aromatic rings. The maximum atomic E-state index is 12.1. The normalized spacial score (nSPS) is 18.8. The highest BCUT2D eigenvalue weighted by atomic mass is 32.2. The fourth-order valence-corrected chi connectivity index (χ4v) is 4.07. The molecule has 2 heterocycles. The van der Waals surface area contributed by atoms with E-state index in [-0.39, 0.29) is 19.1 Å². The summed E-state index contributed by atoms with van der Waals surface area (Å²) in [6.45, 7) is 3.25. The predicted octanol–water partition coefficient (Wildman–Crippen LogP) is 0.490. The number of thiazole rings is 1. The highest BCUT2D eigenvalue weighted by Crippen LogP contribution is 2.18. The minimum absolute atomic E-state index is 0.139. The van der Waals surface area contributed by atoms with Crippen molar-refractivity contribution in [2.24, 2.45) is 5.92 Å². The summed E-state index contributed by atoms with van der Waals surface area (Å²) in [6, 6.07) is 0. The number of nitrogens with one attached hydrogen (secondary N) is 1. The molecule has 1 aliphatic rings. The molecule has 0 aromatic carbocycles. The number of aliphatic hydroxyl groups excluding tert-OH is 1. The van der Waals surface area contributed by atoms with Crippen molar-refractivity contribution in [3.05, 3.63) is 16.1 Å². The van der Waals surface area contributed by atoms with Crippen LogP contribution in [0.2, 0.25) is 0 Å². The van der Waals surface area contributed by atoms with Gasteiger partial charge in [-0.1, -0.05) is 0 Å². The van der Waals surface area contributed by atoms with Crippen molar-refractivity contribution in [2.45, 2.75) is 26.3 Å². The van der Waals surface area contributed by atoms with E-state index in [1.165, 1.54) is 15.6 Å². The Morgan fingerprint density at radius 2 is 2.21 bits per heavy atom. The third-order valence-corrected chi connectivity index (χ3v) is 5.71. The molecule has 0 bridgehead atoms. The first kappa shape index (κ1) is 14.9. The topological polar surface area (TPSA) is 82.5 Å². The van der Waals surface area contributed by atoms with E-state index in [0.29, 0.717) is 25.9 Å². The lowest BCUT2D eigenvalue weighted by molar-refractivity contribution is 0.169. The molecule has 8 heteroatoms. The van der Waals surface area contributed by atoms with E-state index in [1.54, 1.807) is 6.20 Å². The summed E-state index contributed by atoms with van der Waals surface area (Å²) in [4.78, 5) is 5.20. The molecule has 0 saturated carbocycles. The van der Waals surface area contributed by atoms with Crippen LogP contribution in [0.4, 0.5) is 0 Å². The summed E-state index contributed by atoms with van der Waals surface area (Å²) in [7, 11) is -3.44. The van der Waals surface area contributed by atoms with Gasteiger partial charge in [0, 0.05) is 30.8 Å². The van der Waals surface area contributed by atoms with Crippen LogP contribution >= 0.6 is 11.3 Å². The van der Waals surface area contributed by atoms with Crippen LogP contribution < -0.4 is 4.72 Å². The van der Waals surface area contributed by atoms with Crippen LogP contribution in [0.25, 0.3) is 0 Å². The van der Waals surface area contributed by atoms with E-state index in [0.717, 1.165) is 9.88 Å². The Morgan fingerprint density at radius 1 is 1.53 bits per heavy atom. The first-order chi connectivity index (χ1) is 9.01. The summed E-state index contributed by atoms with van der Waals surface area (Å²) in [5, 5.41) is 9.81. The first-order valence-corrected chi connectivity index (χ1v) is 8.54. The van der Waals surface area contributed by atoms with Gasteiger partial charge in [0.1, 0.15) is 5.01 Å². The summed E-state index contributed by atoms with van der Waals surface area (Å²) < 4.78 is 28.2. The molecule has 1 saturated heterocycles. The minimum Gasteiger partial charge on any atom is -0.396 e. The van der Waals surface area contributed by atoms with Crippen LogP contribution in [-0.4, -0.2) is 42.5 Å². The van der Waals surface area contributed by atoms with Gasteiger partial charge >= 0.3 is 0 Å². The van der Waals surface area contributed by atoms with Gasteiger partial charge < -0.3 is 5.11 Å². The molecule has 2 N–H and O–H groups in total. The average Bonchev–Trinajstić information content (AvgIpc) is 2.82. The Balaban J connectivity index is 1.88. The van der Waals surface area contributed by atoms with Gasteiger partial charge in [0.05, 0.1) is 6.54 Å². The fourth-order valence-electron chi connectivity index (χ4n) is 2.06. The van der Waals surface area contributed by atoms with Gasteiger partial charge in [-0.15, -0.1) is 11.3 Å². The van der Waals surface area contributed by atoms with Crippen molar-refractivity contribution < 1.29 is 13.5 Å². The molecule has 0 radical (unpaired) electrons. The standard InChI is InChI=1S/C11H19N3O3S2/c1-9-6-12-11(18-9)7-13-19(16,17)14-4-2-10(8-15)3-5-14/h6,10,13,15H,2-5,7-8H2,1H3. The fraction of sp³-hybridized carbons (Fsp3) is 0.727. The highest BCUT2D eigenvalue weighted by molar-refractivity contribution is 7.87. The van der Waals surface area contributed by atoms with E-state index < -0.39 is 10.2 Å². The van der Waals surface area contributed by atoms with Crippen LogP contribution in [0.5, 0.6) is 0 Å². The van der Waals surface area contributed by atoms with Gasteiger partial charge in [-0.05, 0) is 25.7 Å². The predicted molar refractivity (Wildman–Crippen MR) is 74.0 cm³/mol. The lowest BCUT2D eigenvalue weighted by Crippen LogP contribution is -2.45. The molecule has 0 spiro atoms. The van der Waals surface area contributed by atoms with Crippen molar-refractivity contribution in [3.8, 4) is 0 Å². The van der Waals surface area contributed by atoms with Crippen LogP contribution in [0.15, 0.2) is 6.20 Å². The van der Waals surface area contributed by atoms with Gasteiger partial charge in [0.25, 0.3) is 10.2 Å². The third-order valence-electron chi connectivity index (χ3n) is 3.25. The summed E-state index contributed by atoms with van der Waals surface area (Å²) in [5.74, 6) is 0.230. The smallest absolute Gasteiger partial charge is 0.279 e. The zero-order valence-corrected chi connectivity index (χ0v) is 12.5. The van der Waals surface area contributed by atoms with Crippen LogP contribution in [0, 0.1) is 12.8 Å². The lowest BCUT2D eigenvalue weighted by Gasteiger charge is -2.30. The van der Waals surface area contributed by atoms with E-state index in [2.05, 4.69) is 9.71 Å². The number of hydrogen-bond donors (Lipinski definition) is 2. The molecule has 0 unspecified atom stereocenters. The monoisotopic (exact) mass is 305 g/mol. The van der Waals surface area contributed by atoms with Crippen LogP contribution in [-0.2, 0) is 16.8 Å². The Kier molecular flexibility index (Phi) is 4.91. The average molecular weight is 305 g/mol. The summed E-state index contributed by atoms with van der Waals surface area (Å²) in [5.41, 5.74) is 0. The molecular weight excluding hydrogens is 286 g/mol. The molecule has 19 heavy (non-hydrogen) atoms. The molecule has 108 valence electrons. The van der Waals surface area contributed by atoms with Crippen LogP contribution in [0.1, 0.15) is 22.7 Å². The Morgan fingerprint density at radius 3 is 2.74 bits per heavy atom. The molecule has 0 atom stereocenters. The Labute approximate surface area is 117 Å². The molecule has 6 nitrogen and oxygen atoms in total. The molecule has 2 rings (SSSR count). The highest BCUT2D eigenvalue weighted by Gasteiger charge is 2.27. The molecule has 1 aromatic heterocycles. The number of aryl methyl sites for hydroxylation is 1. The molecule has 0 amide bonds. The maximum absolute atomic E-state index is 12.1. The number of aliphatic hydroxyl groups is 1. The summed E-state index contributed by atoms with van der Waals surface area (Å²) in [6.07, 6.45) is 3.17. The number of nitrogens with zero attached hydrogens (tertiary/aromatic N) is 2. The van der Waals surface area contributed by atoms with Gasteiger partial charge in [-0.2, -0.15) is 17.4 Å². The summed E-state index contributed by atoms with van der Waals surface area (Å²) >= 11 is 1.49. The van der Waals surface area contributed by atoms with Crippen LogP contribution in [0.3, 0.4) is 0 Å². The lowest BCUT2D eigenvalue weighted by atomic mass is 10.00. The second-order valence-electron chi connectivity index (χ2n) is 4.72. The number of rotatable bonds is 5. The Bertz CT molecular complexity index is 507. The largest absolute Gasteiger partial charge is 0.396 e. The molecule has 0 aliphatic carbocycles. The number of aromatic nitrogens is 1. The Hall–Kier alpha value is -0.540. The zero-order chi connectivity index (χ0) is 13.9. The SMILES string of the molecule is Cc1cnc(CNS(=O)(=O)N2CCC(CO)CC2)s1. The zero-order valence-electron chi connectivity index (χ0n) is 10.9. The first-order valence-electron chi connectivity index (χ1n) is 6.28. The van der Waals surface area contributed by atoms with Crippen molar-refractivity contribution in [1.29, 1.82) is 0 Å². The molecule has 1 fully saturated rings. The second-order valence-corrected chi connectivity index (χ2v) is 7.79. The van der Waals surface area contributed by atoms with E-state index in [1.807, 2.05) is 6.92 Å². The quantitative estimate of drug-likeness (QED) is 0.829. The van der Waals surface area contributed by atoms with E-state index >= 15 is 0 Å². The molecule has 1 aliphatic heterocycles. The van der Waals surface area contributed by atoms with E-state index in [9.17, 15) is 8.42 Å². The van der Waals surface area contributed by atoms with Gasteiger partial charge in [-0.3, -0.25) is 0 Å².